The van der Waals surface area contributed by atoms with Crippen molar-refractivity contribution in [2.45, 2.75) is 23.3 Å². The van der Waals surface area contributed by atoms with Crippen LogP contribution >= 0.6 is 0 Å². The summed E-state index contributed by atoms with van der Waals surface area (Å²) in [4.78, 5) is 0. The van der Waals surface area contributed by atoms with Crippen molar-refractivity contribution >= 4 is 10.1 Å². The predicted molar refractivity (Wildman–Crippen MR) is 61.6 cm³/mol. The van der Waals surface area contributed by atoms with E-state index in [1.165, 1.54) is 6.07 Å². The number of hydrogen-bond acceptors (Lipinski definition) is 4. The highest BCUT2D eigenvalue weighted by Crippen LogP contribution is 2.54. The minimum atomic E-state index is -7.37. The smallest absolute Gasteiger partial charge is 0.378 e. The molecule has 140 valence electrons. The van der Waals surface area contributed by atoms with Crippen molar-refractivity contribution in [1.29, 1.82) is 5.26 Å². The van der Waals surface area contributed by atoms with Crippen LogP contribution in [0.2, 0.25) is 0 Å². The van der Waals surface area contributed by atoms with Crippen LogP contribution in [-0.2, 0) is 10.1 Å². The van der Waals surface area contributed by atoms with Gasteiger partial charge in [0, 0.05) is 0 Å². The second-order valence-corrected chi connectivity index (χ2v) is 5.92. The SMILES string of the molecule is N#Cc1ccc(OS(=O)(=O)C(F)(F)C(F)(F)C(F)(F)C(F)(F)F)cc1. The number of nitrogens with zero attached hydrogens (tertiary/aromatic N) is 1. The normalized spacial score (nSPS) is 14.1. The van der Waals surface area contributed by atoms with Gasteiger partial charge in [-0.15, -0.1) is 0 Å². The van der Waals surface area contributed by atoms with E-state index < -0.39 is 39.1 Å². The molecule has 0 saturated carbocycles. The Hall–Kier alpha value is -2.17. The highest BCUT2D eigenvalue weighted by molar-refractivity contribution is 7.88. The first kappa shape index (κ1) is 20.9. The third-order valence-corrected chi connectivity index (χ3v) is 3.92. The van der Waals surface area contributed by atoms with E-state index in [9.17, 15) is 47.9 Å². The highest BCUT2D eigenvalue weighted by Gasteiger charge is 2.86. The molecule has 4 nitrogen and oxygen atoms in total. The monoisotopic (exact) mass is 401 g/mol. The lowest BCUT2D eigenvalue weighted by molar-refractivity contribution is -0.382. The summed E-state index contributed by atoms with van der Waals surface area (Å²) in [6.45, 7) is 0. The average molecular weight is 401 g/mol. The molecule has 0 aliphatic heterocycles. The molecule has 0 aliphatic rings. The minimum Gasteiger partial charge on any atom is -0.378 e. The van der Waals surface area contributed by atoms with Crippen LogP contribution in [-0.4, -0.2) is 31.7 Å². The van der Waals surface area contributed by atoms with E-state index >= 15 is 0 Å². The van der Waals surface area contributed by atoms with Crippen LogP contribution in [0.1, 0.15) is 5.56 Å². The van der Waals surface area contributed by atoms with Gasteiger partial charge in [-0.25, -0.2) is 0 Å². The Morgan fingerprint density at radius 2 is 1.28 bits per heavy atom. The lowest BCUT2D eigenvalue weighted by Gasteiger charge is -2.32. The molecule has 1 aromatic carbocycles. The van der Waals surface area contributed by atoms with Crippen LogP contribution in [0, 0.1) is 11.3 Å². The van der Waals surface area contributed by atoms with Gasteiger partial charge in [-0.05, 0) is 24.3 Å². The summed E-state index contributed by atoms with van der Waals surface area (Å²) in [6.07, 6.45) is -7.16. The molecule has 25 heavy (non-hydrogen) atoms. The van der Waals surface area contributed by atoms with Crippen LogP contribution in [0.3, 0.4) is 0 Å². The molecule has 1 rings (SSSR count). The van der Waals surface area contributed by atoms with Crippen molar-refractivity contribution in [3.63, 3.8) is 0 Å². The largest absolute Gasteiger partial charge is 0.460 e. The van der Waals surface area contributed by atoms with Crippen molar-refractivity contribution in [1.82, 2.24) is 0 Å². The minimum absolute atomic E-state index is 0.148. The van der Waals surface area contributed by atoms with E-state index in [0.29, 0.717) is 12.1 Å². The lowest BCUT2D eigenvalue weighted by atomic mass is 10.1. The Kier molecular flexibility index (Phi) is 4.99. The van der Waals surface area contributed by atoms with Gasteiger partial charge in [-0.1, -0.05) is 0 Å². The fourth-order valence-electron chi connectivity index (χ4n) is 1.28. The summed E-state index contributed by atoms with van der Waals surface area (Å²) in [6, 6.07) is 4.12. The standard InChI is InChI=1S/C11H4F9NO3S/c12-8(13,10(16,17)18)9(14,15)11(19,20)25(22,23)24-7-3-1-6(5-21)2-4-7/h1-4H. The van der Waals surface area contributed by atoms with Gasteiger partial charge in [-0.2, -0.15) is 53.2 Å². The molecule has 0 amide bonds. The predicted octanol–water partition coefficient (Wildman–Crippen LogP) is 3.69. The van der Waals surface area contributed by atoms with Crippen molar-refractivity contribution in [2.24, 2.45) is 0 Å². The molecule has 0 bridgehead atoms. The molecule has 0 spiro atoms. The van der Waals surface area contributed by atoms with Crippen LogP contribution in [0.25, 0.3) is 0 Å². The third kappa shape index (κ3) is 3.32. The molecule has 0 radical (unpaired) electrons. The first-order valence-electron chi connectivity index (χ1n) is 5.65. The maximum atomic E-state index is 13.3. The molecular formula is C11H4F9NO3S. The Labute approximate surface area is 133 Å². The van der Waals surface area contributed by atoms with E-state index in [4.69, 9.17) is 5.26 Å². The van der Waals surface area contributed by atoms with E-state index in [0.717, 1.165) is 12.1 Å². The van der Waals surface area contributed by atoms with Crippen LogP contribution in [0.5, 0.6) is 5.75 Å². The van der Waals surface area contributed by atoms with Gasteiger partial charge in [0.15, 0.2) is 0 Å². The average Bonchev–Trinajstić information content (AvgIpc) is 2.45. The van der Waals surface area contributed by atoms with Crippen LogP contribution < -0.4 is 4.18 Å². The van der Waals surface area contributed by atoms with Crippen molar-refractivity contribution in [3.05, 3.63) is 29.8 Å². The summed E-state index contributed by atoms with van der Waals surface area (Å²) >= 11 is 0. The molecule has 0 aromatic heterocycles. The molecule has 0 unspecified atom stereocenters. The van der Waals surface area contributed by atoms with E-state index in [2.05, 4.69) is 4.18 Å². The molecular weight excluding hydrogens is 397 g/mol. The van der Waals surface area contributed by atoms with Gasteiger partial charge in [0.2, 0.25) is 0 Å². The van der Waals surface area contributed by atoms with E-state index in [-0.39, 0.29) is 5.56 Å². The van der Waals surface area contributed by atoms with Crippen LogP contribution in [0.4, 0.5) is 39.5 Å². The summed E-state index contributed by atoms with van der Waals surface area (Å²) in [5.41, 5.74) is -0.148. The number of hydrogen-bond donors (Lipinski definition) is 0. The Balaban J connectivity index is 3.31. The Morgan fingerprint density at radius 1 is 0.840 bits per heavy atom. The third-order valence-electron chi connectivity index (χ3n) is 2.62. The lowest BCUT2D eigenvalue weighted by Crippen LogP contribution is -2.63. The van der Waals surface area contributed by atoms with Gasteiger partial charge in [0.1, 0.15) is 5.75 Å². The highest BCUT2D eigenvalue weighted by atomic mass is 32.2. The summed E-state index contributed by atoms with van der Waals surface area (Å²) in [5, 5.41) is 1.51. The maximum Gasteiger partial charge on any atom is 0.460 e. The van der Waals surface area contributed by atoms with Gasteiger partial charge in [0.05, 0.1) is 11.6 Å². The summed E-state index contributed by atoms with van der Waals surface area (Å²) < 4.78 is 140. The molecule has 0 heterocycles. The van der Waals surface area contributed by atoms with Crippen molar-refractivity contribution in [3.8, 4) is 11.8 Å². The van der Waals surface area contributed by atoms with Gasteiger partial charge in [-0.3, -0.25) is 0 Å². The van der Waals surface area contributed by atoms with Gasteiger partial charge < -0.3 is 4.18 Å². The van der Waals surface area contributed by atoms with E-state index in [1.807, 2.05) is 0 Å². The second-order valence-electron chi connectivity index (χ2n) is 4.34. The zero-order chi connectivity index (χ0) is 19.9. The molecule has 14 heteroatoms. The number of alkyl halides is 9. The Morgan fingerprint density at radius 3 is 1.64 bits per heavy atom. The fraction of sp³-hybridized carbons (Fsp3) is 0.364. The van der Waals surface area contributed by atoms with E-state index in [1.54, 1.807) is 0 Å². The summed E-state index contributed by atoms with van der Waals surface area (Å²) in [7, 11) is -6.98. The molecule has 0 saturated heterocycles. The topological polar surface area (TPSA) is 67.2 Å². The van der Waals surface area contributed by atoms with Gasteiger partial charge >= 0.3 is 33.4 Å². The van der Waals surface area contributed by atoms with Crippen molar-refractivity contribution in [2.75, 3.05) is 0 Å². The number of halogens is 9. The molecule has 0 fully saturated rings. The number of nitriles is 1. The second kappa shape index (κ2) is 5.97. The zero-order valence-electron chi connectivity index (χ0n) is 11.3. The van der Waals surface area contributed by atoms with Crippen LogP contribution in [0.15, 0.2) is 24.3 Å². The number of rotatable bonds is 5. The first-order valence-corrected chi connectivity index (χ1v) is 7.06. The zero-order valence-corrected chi connectivity index (χ0v) is 12.1. The quantitative estimate of drug-likeness (QED) is 0.558. The Bertz CT molecular complexity index is 779. The molecule has 1 aromatic rings. The maximum absolute atomic E-state index is 13.3. The molecule has 0 atom stereocenters. The molecule has 0 aliphatic carbocycles. The van der Waals surface area contributed by atoms with Gasteiger partial charge in [0.25, 0.3) is 0 Å². The summed E-state index contributed by atoms with van der Waals surface area (Å²) in [5.74, 6) is -15.9. The number of benzene rings is 1. The molecule has 0 N–H and O–H groups in total. The first-order chi connectivity index (χ1) is 11.0. The van der Waals surface area contributed by atoms with Crippen molar-refractivity contribution < 1.29 is 52.1 Å². The fourth-order valence-corrected chi connectivity index (χ4v) is 2.19.